The maximum Gasteiger partial charge on any atom is 0.343 e. The van der Waals surface area contributed by atoms with Gasteiger partial charge in [0.15, 0.2) is 23.0 Å². The molecule has 0 aliphatic heterocycles. The predicted molar refractivity (Wildman–Crippen MR) is 177 cm³/mol. The van der Waals surface area contributed by atoms with Crippen LogP contribution in [0.1, 0.15) is 40.3 Å². The van der Waals surface area contributed by atoms with Crippen LogP contribution < -0.4 is 29.1 Å². The van der Waals surface area contributed by atoms with Gasteiger partial charge in [-0.15, -0.1) is 0 Å². The summed E-state index contributed by atoms with van der Waals surface area (Å²) in [5.41, 5.74) is 5.58. The molecule has 12 heteroatoms. The molecule has 0 radical (unpaired) electrons. The minimum absolute atomic E-state index is 0.149. The zero-order chi connectivity index (χ0) is 33.5. The number of nitrogens with zero attached hydrogens (tertiary/aromatic N) is 1. The van der Waals surface area contributed by atoms with Gasteiger partial charge in [-0.2, -0.15) is 5.10 Å². The number of aromatic amines is 1. The number of methoxy groups -OCH3 is 2. The van der Waals surface area contributed by atoms with Gasteiger partial charge in [-0.25, -0.2) is 10.2 Å². The average molecular weight is 656 g/mol. The van der Waals surface area contributed by atoms with Crippen LogP contribution in [0, 0.1) is 0 Å². The molecule has 0 bridgehead atoms. The lowest BCUT2D eigenvalue weighted by Gasteiger charge is -2.12. The fourth-order valence-electron chi connectivity index (χ4n) is 4.80. The Kier molecular flexibility index (Phi) is 10.1. The van der Waals surface area contributed by atoms with Crippen LogP contribution in [0.5, 0.6) is 28.7 Å². The molecule has 1 heterocycles. The Morgan fingerprint density at radius 1 is 0.872 bits per heavy atom. The number of hydrogen-bond acceptors (Lipinski definition) is 9. The van der Waals surface area contributed by atoms with Gasteiger partial charge in [0.05, 0.1) is 32.6 Å². The van der Waals surface area contributed by atoms with Crippen LogP contribution in [0.4, 0.5) is 0 Å². The second-order valence-corrected chi connectivity index (χ2v) is 10.4. The molecule has 1 amide bonds. The van der Waals surface area contributed by atoms with Crippen molar-refractivity contribution >= 4 is 46.6 Å². The maximum atomic E-state index is 13.4. The van der Waals surface area contributed by atoms with Gasteiger partial charge >= 0.3 is 11.9 Å². The molecule has 11 nitrogen and oxygen atoms in total. The zero-order valence-electron chi connectivity index (χ0n) is 25.9. The largest absolute Gasteiger partial charge is 0.494 e. The lowest BCUT2D eigenvalue weighted by atomic mass is 10.0. The van der Waals surface area contributed by atoms with E-state index < -0.39 is 17.8 Å². The van der Waals surface area contributed by atoms with Crippen LogP contribution in [-0.4, -0.2) is 49.9 Å². The molecule has 0 spiro atoms. The third-order valence-corrected chi connectivity index (χ3v) is 7.20. The van der Waals surface area contributed by atoms with E-state index in [4.69, 9.17) is 35.3 Å². The maximum absolute atomic E-state index is 13.4. The molecule has 0 atom stereocenters. The number of amides is 1. The molecule has 2 N–H and O–H groups in total. The highest BCUT2D eigenvalue weighted by molar-refractivity contribution is 6.34. The van der Waals surface area contributed by atoms with Gasteiger partial charge < -0.3 is 28.7 Å². The van der Waals surface area contributed by atoms with Crippen LogP contribution in [0.25, 0.3) is 22.0 Å². The number of aromatic nitrogens is 1. The number of hydrazone groups is 1. The topological polar surface area (TPSA) is 138 Å². The van der Waals surface area contributed by atoms with Crippen molar-refractivity contribution in [1.29, 1.82) is 0 Å². The summed E-state index contributed by atoms with van der Waals surface area (Å²) in [7, 11) is 2.81. The highest BCUT2D eigenvalue weighted by Gasteiger charge is 2.22. The number of hydrogen-bond donors (Lipinski definition) is 2. The second kappa shape index (κ2) is 14.5. The van der Waals surface area contributed by atoms with E-state index in [0.29, 0.717) is 34.1 Å². The van der Waals surface area contributed by atoms with Crippen LogP contribution in [0.3, 0.4) is 0 Å². The first-order valence-electron chi connectivity index (χ1n) is 14.4. The predicted octanol–water partition coefficient (Wildman–Crippen LogP) is 6.81. The Morgan fingerprint density at radius 3 is 2.32 bits per heavy atom. The number of carbonyl (C=O) groups is 3. The fourth-order valence-corrected chi connectivity index (χ4v) is 5.03. The molecule has 240 valence electrons. The van der Waals surface area contributed by atoms with Crippen molar-refractivity contribution in [2.24, 2.45) is 5.10 Å². The summed E-state index contributed by atoms with van der Waals surface area (Å²) in [6.07, 6.45) is 1.43. The van der Waals surface area contributed by atoms with Gasteiger partial charge in [-0.05, 0) is 73.2 Å². The van der Waals surface area contributed by atoms with E-state index in [1.807, 2.05) is 43.3 Å². The lowest BCUT2D eigenvalue weighted by Crippen LogP contribution is -2.19. The summed E-state index contributed by atoms with van der Waals surface area (Å²) in [4.78, 5) is 40.8. The molecule has 47 heavy (non-hydrogen) atoms. The molecule has 1 aromatic heterocycles. The van der Waals surface area contributed by atoms with Crippen molar-refractivity contribution in [1.82, 2.24) is 10.4 Å². The Bertz CT molecular complexity index is 2000. The van der Waals surface area contributed by atoms with Crippen LogP contribution in [-0.2, 0) is 4.79 Å². The average Bonchev–Trinajstić information content (AvgIpc) is 3.44. The monoisotopic (exact) mass is 655 g/mol. The molecule has 0 saturated heterocycles. The van der Waals surface area contributed by atoms with Crippen molar-refractivity contribution < 1.29 is 38.1 Å². The quantitative estimate of drug-likeness (QED) is 0.0685. The highest BCUT2D eigenvalue weighted by atomic mass is 35.5. The standard InChI is InChI=1S/C35H30ClN3O8/c1-5-45-23-12-13-27-25(18-23)32(24-8-6-7-9-26(24)36)33(38-27)34(41)39-37-19-21-10-14-29(30(16-21)43-3)47-35(42)22-11-15-28(46-20(2)40)31(17-22)44-4/h6-19,38H,5H2,1-4H3,(H,39,41). The normalized spacial score (nSPS) is 10.9. The Hall–Kier alpha value is -5.81. The summed E-state index contributed by atoms with van der Waals surface area (Å²) in [6.45, 7) is 3.65. The summed E-state index contributed by atoms with van der Waals surface area (Å²) < 4.78 is 27.0. The van der Waals surface area contributed by atoms with Crippen LogP contribution in [0.15, 0.2) is 84.0 Å². The van der Waals surface area contributed by atoms with E-state index in [2.05, 4.69) is 15.5 Å². The van der Waals surface area contributed by atoms with Gasteiger partial charge in [-0.3, -0.25) is 9.59 Å². The summed E-state index contributed by atoms with van der Waals surface area (Å²) >= 11 is 6.55. The molecule has 4 aromatic carbocycles. The molecule has 5 rings (SSSR count). The number of benzene rings is 4. The third-order valence-electron chi connectivity index (χ3n) is 6.87. The number of H-pyrrole nitrogens is 1. The number of ether oxygens (including phenoxy) is 5. The first kappa shape index (κ1) is 32.6. The van der Waals surface area contributed by atoms with E-state index >= 15 is 0 Å². The van der Waals surface area contributed by atoms with Gasteiger partial charge in [0.1, 0.15) is 11.4 Å². The number of nitrogens with one attached hydrogen (secondary N) is 2. The number of carbonyl (C=O) groups excluding carboxylic acids is 3. The number of esters is 2. The van der Waals surface area contributed by atoms with Crippen molar-refractivity contribution in [3.63, 3.8) is 0 Å². The van der Waals surface area contributed by atoms with Gasteiger partial charge in [-0.1, -0.05) is 29.8 Å². The molecule has 0 aliphatic carbocycles. The van der Waals surface area contributed by atoms with Crippen LogP contribution in [0.2, 0.25) is 5.02 Å². The van der Waals surface area contributed by atoms with E-state index in [1.165, 1.54) is 51.6 Å². The van der Waals surface area contributed by atoms with Gasteiger partial charge in [0, 0.05) is 34.0 Å². The second-order valence-electron chi connectivity index (χ2n) is 9.95. The third kappa shape index (κ3) is 7.37. The van der Waals surface area contributed by atoms with Gasteiger partial charge in [0.25, 0.3) is 5.91 Å². The van der Waals surface area contributed by atoms with Crippen molar-refractivity contribution in [2.45, 2.75) is 13.8 Å². The molecular weight excluding hydrogens is 626 g/mol. The first-order chi connectivity index (χ1) is 22.7. The van der Waals surface area contributed by atoms with Crippen LogP contribution >= 0.6 is 11.6 Å². The highest BCUT2D eigenvalue weighted by Crippen LogP contribution is 2.38. The van der Waals surface area contributed by atoms with E-state index in [0.717, 1.165) is 10.9 Å². The molecule has 5 aromatic rings. The first-order valence-corrected chi connectivity index (χ1v) is 14.7. The molecular formula is C35H30ClN3O8. The smallest absolute Gasteiger partial charge is 0.343 e. The van der Waals surface area contributed by atoms with Gasteiger partial charge in [0.2, 0.25) is 0 Å². The van der Waals surface area contributed by atoms with Crippen molar-refractivity contribution in [3.05, 3.63) is 101 Å². The number of halogens is 1. The Labute approximate surface area is 275 Å². The molecule has 0 unspecified atom stereocenters. The summed E-state index contributed by atoms with van der Waals surface area (Å²) in [5, 5.41) is 5.39. The van der Waals surface area contributed by atoms with E-state index in [9.17, 15) is 14.4 Å². The zero-order valence-corrected chi connectivity index (χ0v) is 26.6. The Balaban J connectivity index is 1.34. The Morgan fingerprint density at radius 2 is 1.60 bits per heavy atom. The van der Waals surface area contributed by atoms with E-state index in [-0.39, 0.29) is 34.3 Å². The van der Waals surface area contributed by atoms with Crippen molar-refractivity contribution in [2.75, 3.05) is 20.8 Å². The fraction of sp³-hybridized carbons (Fsp3) is 0.143. The molecule has 0 saturated carbocycles. The minimum Gasteiger partial charge on any atom is -0.494 e. The number of rotatable bonds is 11. The minimum atomic E-state index is -0.689. The number of fused-ring (bicyclic) bond motifs is 1. The van der Waals surface area contributed by atoms with Crippen molar-refractivity contribution in [3.8, 4) is 39.9 Å². The summed E-state index contributed by atoms with van der Waals surface area (Å²) in [6, 6.07) is 21.8. The van der Waals surface area contributed by atoms with E-state index in [1.54, 1.807) is 18.2 Å². The molecule has 0 fully saturated rings. The SMILES string of the molecule is CCOc1ccc2[nH]c(C(=O)NN=Cc3ccc(OC(=O)c4ccc(OC(C)=O)c(OC)c4)c(OC)c3)c(-c3ccccc3Cl)c2c1. The lowest BCUT2D eigenvalue weighted by molar-refractivity contribution is -0.132. The molecule has 0 aliphatic rings. The summed E-state index contributed by atoms with van der Waals surface area (Å²) in [5.74, 6) is -0.278.